The number of rotatable bonds is 6. The average Bonchev–Trinajstić information content (AvgIpc) is 3.36. The fourth-order valence-corrected chi connectivity index (χ4v) is 3.79. The molecule has 1 unspecified atom stereocenters. The number of fused-ring (bicyclic) bond motifs is 1. The van der Waals surface area contributed by atoms with Gasteiger partial charge in [-0.1, -0.05) is 42.5 Å². The molecule has 5 rings (SSSR count). The Kier molecular flexibility index (Phi) is 5.82. The van der Waals surface area contributed by atoms with Crippen molar-refractivity contribution in [2.75, 3.05) is 5.32 Å². The van der Waals surface area contributed by atoms with E-state index in [-0.39, 0.29) is 17.9 Å². The molecule has 34 heavy (non-hydrogen) atoms. The number of aromatic amines is 1. The molecule has 3 N–H and O–H groups in total. The molecule has 7 nitrogen and oxygen atoms in total. The number of aromatic nitrogens is 3. The van der Waals surface area contributed by atoms with Crippen LogP contribution in [0, 0.1) is 0 Å². The second-order valence-corrected chi connectivity index (χ2v) is 7.77. The van der Waals surface area contributed by atoms with Gasteiger partial charge in [-0.2, -0.15) is 0 Å². The maximum Gasteiger partial charge on any atom is 0.257 e. The molecule has 0 aliphatic rings. The van der Waals surface area contributed by atoms with Crippen LogP contribution >= 0.6 is 0 Å². The number of nitrogens with one attached hydrogen (secondary N) is 3. The summed E-state index contributed by atoms with van der Waals surface area (Å²) in [4.78, 5) is 37.1. The first-order valence-electron chi connectivity index (χ1n) is 10.8. The summed E-state index contributed by atoms with van der Waals surface area (Å²) in [5, 5.41) is 5.96. The van der Waals surface area contributed by atoms with Gasteiger partial charge in [0, 0.05) is 23.6 Å². The lowest BCUT2D eigenvalue weighted by atomic mass is 9.97. The van der Waals surface area contributed by atoms with Crippen LogP contribution in [0.25, 0.3) is 11.0 Å². The second kappa shape index (κ2) is 9.38. The standard InChI is InChI=1S/C27H21N5O2/c33-26(20-8-4-10-22(14-20)31-27(34)21-9-5-13-28-16-21)32-25(18-6-2-1-3-7-18)19-11-12-23-24(15-19)30-17-29-23/h1-17,25H,(H,29,30)(H,31,34)(H,32,33). The van der Waals surface area contributed by atoms with Gasteiger partial charge in [-0.25, -0.2) is 4.98 Å². The van der Waals surface area contributed by atoms with E-state index in [1.807, 2.05) is 48.5 Å². The maximum atomic E-state index is 13.3. The van der Waals surface area contributed by atoms with Crippen LogP contribution in [0.5, 0.6) is 0 Å². The number of H-pyrrole nitrogens is 1. The van der Waals surface area contributed by atoms with Gasteiger partial charge in [-0.15, -0.1) is 0 Å². The number of pyridine rings is 1. The Balaban J connectivity index is 1.40. The first-order valence-corrected chi connectivity index (χ1v) is 10.8. The van der Waals surface area contributed by atoms with Crippen LogP contribution in [-0.4, -0.2) is 26.8 Å². The lowest BCUT2D eigenvalue weighted by molar-refractivity contribution is 0.0941. The molecule has 0 spiro atoms. The molecule has 0 aliphatic carbocycles. The zero-order chi connectivity index (χ0) is 23.3. The average molecular weight is 447 g/mol. The first-order chi connectivity index (χ1) is 16.7. The molecule has 1 atom stereocenters. The maximum absolute atomic E-state index is 13.3. The Bertz CT molecular complexity index is 1450. The minimum atomic E-state index is -0.366. The molecule has 0 saturated heterocycles. The van der Waals surface area contributed by atoms with Crippen molar-refractivity contribution in [3.8, 4) is 0 Å². The Labute approximate surface area is 195 Å². The van der Waals surface area contributed by atoms with Gasteiger partial charge in [0.05, 0.1) is 29.0 Å². The van der Waals surface area contributed by atoms with Crippen LogP contribution in [0.4, 0.5) is 5.69 Å². The summed E-state index contributed by atoms with van der Waals surface area (Å²) in [7, 11) is 0. The van der Waals surface area contributed by atoms with Crippen molar-refractivity contribution in [3.05, 3.63) is 126 Å². The third-order valence-electron chi connectivity index (χ3n) is 5.49. The smallest absolute Gasteiger partial charge is 0.257 e. The molecule has 2 amide bonds. The van der Waals surface area contributed by atoms with E-state index in [0.29, 0.717) is 16.8 Å². The minimum absolute atomic E-state index is 0.254. The Morgan fingerprint density at radius 2 is 1.65 bits per heavy atom. The molecular formula is C27H21N5O2. The van der Waals surface area contributed by atoms with E-state index in [4.69, 9.17) is 0 Å². The molecular weight excluding hydrogens is 426 g/mol. The van der Waals surface area contributed by atoms with Crippen LogP contribution in [0.1, 0.15) is 37.9 Å². The Morgan fingerprint density at radius 1 is 0.794 bits per heavy atom. The lowest BCUT2D eigenvalue weighted by Crippen LogP contribution is -2.29. The van der Waals surface area contributed by atoms with Gasteiger partial charge in [0.15, 0.2) is 0 Å². The van der Waals surface area contributed by atoms with Crippen molar-refractivity contribution in [3.63, 3.8) is 0 Å². The number of benzene rings is 3. The highest BCUT2D eigenvalue weighted by atomic mass is 16.2. The normalized spacial score (nSPS) is 11.6. The quantitative estimate of drug-likeness (QED) is 0.350. The summed E-state index contributed by atoms with van der Waals surface area (Å²) in [5.74, 6) is -0.545. The summed E-state index contributed by atoms with van der Waals surface area (Å²) >= 11 is 0. The summed E-state index contributed by atoms with van der Waals surface area (Å²) in [5.41, 5.74) is 5.04. The monoisotopic (exact) mass is 447 g/mol. The van der Waals surface area contributed by atoms with E-state index < -0.39 is 0 Å². The Hall–Kier alpha value is -4.78. The number of hydrogen-bond acceptors (Lipinski definition) is 4. The number of imidazole rings is 1. The van der Waals surface area contributed by atoms with Crippen molar-refractivity contribution in [2.45, 2.75) is 6.04 Å². The zero-order valence-electron chi connectivity index (χ0n) is 18.1. The fourth-order valence-electron chi connectivity index (χ4n) is 3.79. The van der Waals surface area contributed by atoms with Crippen molar-refractivity contribution >= 4 is 28.5 Å². The highest BCUT2D eigenvalue weighted by Gasteiger charge is 2.19. The van der Waals surface area contributed by atoms with Gasteiger partial charge in [-0.05, 0) is 53.6 Å². The topological polar surface area (TPSA) is 99.8 Å². The highest BCUT2D eigenvalue weighted by Crippen LogP contribution is 2.25. The SMILES string of the molecule is O=C(Nc1cccc(C(=O)NC(c2ccccc2)c2ccc3nc[nH]c3c2)c1)c1cccnc1. The molecule has 7 heteroatoms. The second-order valence-electron chi connectivity index (χ2n) is 7.77. The molecule has 0 bridgehead atoms. The van der Waals surface area contributed by atoms with Gasteiger partial charge in [0.2, 0.25) is 0 Å². The van der Waals surface area contributed by atoms with E-state index in [1.54, 1.807) is 48.9 Å². The Morgan fingerprint density at radius 3 is 2.47 bits per heavy atom. The summed E-state index contributed by atoms with van der Waals surface area (Å²) in [6.07, 6.45) is 4.75. The molecule has 0 saturated carbocycles. The lowest BCUT2D eigenvalue weighted by Gasteiger charge is -2.20. The summed E-state index contributed by atoms with van der Waals surface area (Å²) < 4.78 is 0. The van der Waals surface area contributed by atoms with E-state index >= 15 is 0 Å². The van der Waals surface area contributed by atoms with E-state index in [0.717, 1.165) is 22.2 Å². The predicted octanol–water partition coefficient (Wildman–Crippen LogP) is 4.73. The van der Waals surface area contributed by atoms with Crippen LogP contribution in [0.2, 0.25) is 0 Å². The summed E-state index contributed by atoms with van der Waals surface area (Å²) in [6, 6.07) is 25.5. The van der Waals surface area contributed by atoms with Gasteiger partial charge >= 0.3 is 0 Å². The number of amides is 2. The zero-order valence-corrected chi connectivity index (χ0v) is 18.1. The van der Waals surface area contributed by atoms with Crippen LogP contribution in [0.3, 0.4) is 0 Å². The van der Waals surface area contributed by atoms with Crippen molar-refractivity contribution < 1.29 is 9.59 Å². The first kappa shape index (κ1) is 21.1. The number of anilines is 1. The van der Waals surface area contributed by atoms with Crippen LogP contribution in [0.15, 0.2) is 104 Å². The van der Waals surface area contributed by atoms with E-state index in [9.17, 15) is 9.59 Å². The number of carbonyl (C=O) groups is 2. The van der Waals surface area contributed by atoms with Gasteiger partial charge < -0.3 is 15.6 Å². The molecule has 3 aromatic carbocycles. The van der Waals surface area contributed by atoms with Gasteiger partial charge in [0.1, 0.15) is 0 Å². The van der Waals surface area contributed by atoms with Crippen molar-refractivity contribution in [2.24, 2.45) is 0 Å². The summed E-state index contributed by atoms with van der Waals surface area (Å²) in [6.45, 7) is 0. The third-order valence-corrected chi connectivity index (χ3v) is 5.49. The molecule has 0 aliphatic heterocycles. The molecule has 0 fully saturated rings. The van der Waals surface area contributed by atoms with E-state index in [2.05, 4.69) is 25.6 Å². The number of nitrogens with zero attached hydrogens (tertiary/aromatic N) is 2. The van der Waals surface area contributed by atoms with Gasteiger partial charge in [0.25, 0.3) is 11.8 Å². The van der Waals surface area contributed by atoms with Crippen molar-refractivity contribution in [1.29, 1.82) is 0 Å². The molecule has 0 radical (unpaired) electrons. The minimum Gasteiger partial charge on any atom is -0.345 e. The molecule has 2 aromatic heterocycles. The van der Waals surface area contributed by atoms with E-state index in [1.165, 1.54) is 6.20 Å². The van der Waals surface area contributed by atoms with Crippen LogP contribution in [-0.2, 0) is 0 Å². The van der Waals surface area contributed by atoms with Crippen LogP contribution < -0.4 is 10.6 Å². The fraction of sp³-hybridized carbons (Fsp3) is 0.0370. The number of carbonyl (C=O) groups excluding carboxylic acids is 2. The number of hydrogen-bond donors (Lipinski definition) is 3. The highest BCUT2D eigenvalue weighted by molar-refractivity contribution is 6.05. The molecule has 2 heterocycles. The van der Waals surface area contributed by atoms with Gasteiger partial charge in [-0.3, -0.25) is 14.6 Å². The predicted molar refractivity (Wildman–Crippen MR) is 130 cm³/mol. The largest absolute Gasteiger partial charge is 0.345 e. The molecule has 5 aromatic rings. The van der Waals surface area contributed by atoms with Crippen molar-refractivity contribution in [1.82, 2.24) is 20.3 Å². The molecule has 166 valence electrons. The third kappa shape index (κ3) is 4.54.